The van der Waals surface area contributed by atoms with E-state index in [2.05, 4.69) is 153 Å². The van der Waals surface area contributed by atoms with E-state index in [4.69, 9.17) is 4.98 Å². The fraction of sp³-hybridized carbons (Fsp3) is 0.364. The minimum Gasteiger partial charge on any atom is -0.505 e. The summed E-state index contributed by atoms with van der Waals surface area (Å²) >= 11 is 1.65. The Kier molecular flexibility index (Phi) is 8.55. The van der Waals surface area contributed by atoms with E-state index >= 15 is 0 Å². The first-order chi connectivity index (χ1) is 22.7. The molecule has 0 amide bonds. The van der Waals surface area contributed by atoms with Crippen LogP contribution < -0.4 is 0 Å². The monoisotopic (exact) mass is 669 g/mol. The highest BCUT2D eigenvalue weighted by Crippen LogP contribution is 2.45. The van der Waals surface area contributed by atoms with Gasteiger partial charge in [0.05, 0.1) is 16.9 Å². The molecule has 49 heavy (non-hydrogen) atoms. The Labute approximate surface area is 297 Å². The Hall–Kier alpha value is -4.09. The molecule has 0 atom stereocenters. The number of hydrogen-bond acceptors (Lipinski definition) is 4. The smallest absolute Gasteiger partial charge is 0.146 e. The molecule has 254 valence electrons. The van der Waals surface area contributed by atoms with Crippen LogP contribution in [-0.2, 0) is 21.7 Å². The van der Waals surface area contributed by atoms with E-state index in [0.29, 0.717) is 5.75 Å². The van der Waals surface area contributed by atoms with Gasteiger partial charge in [0, 0.05) is 33.0 Å². The molecule has 0 spiro atoms. The summed E-state index contributed by atoms with van der Waals surface area (Å²) in [5.41, 5.74) is 8.63. The Morgan fingerprint density at radius 3 is 1.92 bits per heavy atom. The lowest BCUT2D eigenvalue weighted by molar-refractivity contribution is 0.442. The second-order valence-corrected chi connectivity index (χ2v) is 18.6. The zero-order valence-electron chi connectivity index (χ0n) is 31.3. The van der Waals surface area contributed by atoms with Gasteiger partial charge in [0.1, 0.15) is 16.4 Å². The van der Waals surface area contributed by atoms with Gasteiger partial charge in [-0.15, -0.1) is 0 Å². The molecule has 1 N–H and O–H groups in total. The Morgan fingerprint density at radius 1 is 0.612 bits per heavy atom. The largest absolute Gasteiger partial charge is 0.505 e. The van der Waals surface area contributed by atoms with Crippen molar-refractivity contribution >= 4 is 33.7 Å². The van der Waals surface area contributed by atoms with Crippen LogP contribution in [0.15, 0.2) is 95.0 Å². The van der Waals surface area contributed by atoms with Crippen LogP contribution in [0.3, 0.4) is 0 Å². The summed E-state index contributed by atoms with van der Waals surface area (Å²) in [4.78, 5) is 11.3. The van der Waals surface area contributed by atoms with Gasteiger partial charge in [0.25, 0.3) is 0 Å². The van der Waals surface area contributed by atoms with E-state index in [1.54, 1.807) is 11.8 Å². The average molecular weight is 670 g/mol. The summed E-state index contributed by atoms with van der Waals surface area (Å²) in [6.07, 6.45) is 1.83. The first-order valence-corrected chi connectivity index (χ1v) is 18.1. The number of phenolic OH excluding ortho intramolecular Hbond substituents is 1. The van der Waals surface area contributed by atoms with Crippen molar-refractivity contribution in [2.75, 3.05) is 0 Å². The highest BCUT2D eigenvalue weighted by Gasteiger charge is 2.30. The van der Waals surface area contributed by atoms with E-state index in [1.807, 2.05) is 24.4 Å². The van der Waals surface area contributed by atoms with Gasteiger partial charge < -0.3 is 5.11 Å². The van der Waals surface area contributed by atoms with Gasteiger partial charge in [-0.3, -0.25) is 4.57 Å². The number of aromatic nitrogens is 3. The van der Waals surface area contributed by atoms with Crippen LogP contribution in [0, 0.1) is 0 Å². The molecule has 0 aliphatic rings. The number of pyridine rings is 2. The standard InChI is InChI=1S/C44H51N3OS/c1-41(2,3)28-19-20-35-31(23-28)32-26-33(43(7,8)9)38(27-16-15-17-30(22-27)49-37-18-13-14-21-45-37)46-40(32)47(35)36-25-29(42(4,5)6)24-34(39(36)48)44(10,11)12/h13-26,48H,1-12H3. The molecule has 3 aromatic heterocycles. The lowest BCUT2D eigenvalue weighted by Crippen LogP contribution is -2.18. The van der Waals surface area contributed by atoms with Crippen molar-refractivity contribution in [3.63, 3.8) is 0 Å². The van der Waals surface area contributed by atoms with Crippen LogP contribution in [0.2, 0.25) is 0 Å². The number of hydrogen-bond donors (Lipinski definition) is 1. The predicted octanol–water partition coefficient (Wildman–Crippen LogP) is 12.3. The highest BCUT2D eigenvalue weighted by molar-refractivity contribution is 7.99. The number of benzene rings is 3. The summed E-state index contributed by atoms with van der Waals surface area (Å²) in [5, 5.41) is 15.4. The molecule has 0 bridgehead atoms. The molecule has 0 radical (unpaired) electrons. The Bertz CT molecular complexity index is 2180. The molecule has 0 saturated heterocycles. The molecule has 0 aliphatic carbocycles. The molecule has 0 fully saturated rings. The zero-order valence-corrected chi connectivity index (χ0v) is 32.1. The highest BCUT2D eigenvalue weighted by atomic mass is 32.2. The van der Waals surface area contributed by atoms with Crippen molar-refractivity contribution in [1.29, 1.82) is 0 Å². The normalized spacial score (nSPS) is 13.1. The molecule has 6 rings (SSSR count). The summed E-state index contributed by atoms with van der Waals surface area (Å²) in [6, 6.07) is 28.1. The second-order valence-electron chi connectivity index (χ2n) is 17.5. The molecule has 4 nitrogen and oxygen atoms in total. The number of fused-ring (bicyclic) bond motifs is 3. The van der Waals surface area contributed by atoms with Crippen LogP contribution in [0.4, 0.5) is 0 Å². The van der Waals surface area contributed by atoms with Crippen molar-refractivity contribution in [2.45, 2.75) is 115 Å². The minimum absolute atomic E-state index is 0.0255. The van der Waals surface area contributed by atoms with Gasteiger partial charge in [0.2, 0.25) is 0 Å². The predicted molar refractivity (Wildman–Crippen MR) is 209 cm³/mol. The number of nitrogens with zero attached hydrogens (tertiary/aromatic N) is 3. The lowest BCUT2D eigenvalue weighted by atomic mass is 9.79. The molecule has 3 heterocycles. The lowest BCUT2D eigenvalue weighted by Gasteiger charge is -2.28. The van der Waals surface area contributed by atoms with Gasteiger partial charge in [-0.1, -0.05) is 125 Å². The molecule has 6 aromatic rings. The van der Waals surface area contributed by atoms with E-state index in [0.717, 1.165) is 54.4 Å². The molecular weight excluding hydrogens is 619 g/mol. The quantitative estimate of drug-likeness (QED) is 0.203. The summed E-state index contributed by atoms with van der Waals surface area (Å²) in [5.74, 6) is 0.302. The minimum atomic E-state index is -0.262. The van der Waals surface area contributed by atoms with Gasteiger partial charge in [-0.25, -0.2) is 9.97 Å². The van der Waals surface area contributed by atoms with E-state index in [9.17, 15) is 5.11 Å². The number of rotatable bonds is 4. The van der Waals surface area contributed by atoms with Gasteiger partial charge >= 0.3 is 0 Å². The maximum atomic E-state index is 12.2. The first-order valence-electron chi connectivity index (χ1n) is 17.3. The fourth-order valence-electron chi connectivity index (χ4n) is 6.46. The van der Waals surface area contributed by atoms with Crippen LogP contribution in [-0.4, -0.2) is 19.6 Å². The Morgan fingerprint density at radius 2 is 1.31 bits per heavy atom. The number of aromatic hydroxyl groups is 1. The summed E-state index contributed by atoms with van der Waals surface area (Å²) in [7, 11) is 0. The van der Waals surface area contributed by atoms with E-state index < -0.39 is 0 Å². The van der Waals surface area contributed by atoms with E-state index in [-0.39, 0.29) is 21.7 Å². The van der Waals surface area contributed by atoms with Crippen LogP contribution in [0.25, 0.3) is 38.9 Å². The van der Waals surface area contributed by atoms with Crippen LogP contribution in [0.1, 0.15) is 105 Å². The van der Waals surface area contributed by atoms with Crippen LogP contribution >= 0.6 is 11.8 Å². The van der Waals surface area contributed by atoms with Crippen molar-refractivity contribution in [2.24, 2.45) is 0 Å². The fourth-order valence-corrected chi connectivity index (χ4v) is 7.30. The molecule has 0 aliphatic heterocycles. The summed E-state index contributed by atoms with van der Waals surface area (Å²) in [6.45, 7) is 26.8. The molecule has 0 saturated carbocycles. The van der Waals surface area contributed by atoms with Crippen molar-refractivity contribution < 1.29 is 5.11 Å². The van der Waals surface area contributed by atoms with Gasteiger partial charge in [-0.05, 0) is 86.9 Å². The van der Waals surface area contributed by atoms with E-state index in [1.165, 1.54) is 16.7 Å². The molecule has 3 aromatic carbocycles. The Balaban J connectivity index is 1.73. The average Bonchev–Trinajstić information content (AvgIpc) is 3.32. The number of phenols is 1. The van der Waals surface area contributed by atoms with Gasteiger partial charge in [-0.2, -0.15) is 0 Å². The third kappa shape index (κ3) is 6.75. The molecule has 5 heteroatoms. The van der Waals surface area contributed by atoms with Crippen molar-refractivity contribution in [3.8, 4) is 22.7 Å². The third-order valence-electron chi connectivity index (χ3n) is 9.39. The summed E-state index contributed by atoms with van der Waals surface area (Å²) < 4.78 is 2.21. The maximum Gasteiger partial charge on any atom is 0.146 e. The topological polar surface area (TPSA) is 50.9 Å². The molecule has 0 unspecified atom stereocenters. The second kappa shape index (κ2) is 12.1. The van der Waals surface area contributed by atoms with Gasteiger partial charge in [0.15, 0.2) is 0 Å². The maximum absolute atomic E-state index is 12.2. The zero-order chi connectivity index (χ0) is 35.7. The SMILES string of the molecule is CC(C)(C)c1cc(-n2c3ccc(C(C)(C)C)cc3c3cc(C(C)(C)C)c(-c4cccc(Sc5ccccn5)c4)nc32)c(O)c(C(C)(C)C)c1. The van der Waals surface area contributed by atoms with Crippen LogP contribution in [0.5, 0.6) is 5.75 Å². The third-order valence-corrected chi connectivity index (χ3v) is 10.3. The van der Waals surface area contributed by atoms with Crippen molar-refractivity contribution in [3.05, 3.63) is 107 Å². The van der Waals surface area contributed by atoms with Crippen molar-refractivity contribution in [1.82, 2.24) is 14.5 Å². The first kappa shape index (κ1) is 34.8. The molecular formula is C44H51N3OS.